The van der Waals surface area contributed by atoms with Gasteiger partial charge in [-0.15, -0.1) is 0 Å². The summed E-state index contributed by atoms with van der Waals surface area (Å²) in [6.07, 6.45) is 0. The zero-order valence-electron chi connectivity index (χ0n) is 8.13. The first-order valence-corrected chi connectivity index (χ1v) is 4.17. The van der Waals surface area contributed by atoms with Crippen molar-refractivity contribution < 1.29 is 4.79 Å². The molecule has 0 radical (unpaired) electrons. The van der Waals surface area contributed by atoms with E-state index < -0.39 is 0 Å². The molecule has 0 aromatic rings. The molecule has 0 bridgehead atoms. The third kappa shape index (κ3) is 3.19. The van der Waals surface area contributed by atoms with E-state index in [0.717, 1.165) is 6.54 Å². The maximum Gasteiger partial charge on any atom is 0.231 e. The number of hydrogen-bond acceptors (Lipinski definition) is 3. The maximum absolute atomic E-state index is 10.7. The van der Waals surface area contributed by atoms with Crippen LogP contribution in [0.2, 0.25) is 0 Å². The molecule has 4 heteroatoms. The number of amides is 1. The molecule has 0 rings (SSSR count). The van der Waals surface area contributed by atoms with Gasteiger partial charge in [0.1, 0.15) is 0 Å². The lowest BCUT2D eigenvalue weighted by atomic mass is 10.0. The highest BCUT2D eigenvalue weighted by atomic mass is 16.1. The van der Waals surface area contributed by atoms with E-state index in [4.69, 9.17) is 11.5 Å². The molecule has 0 aliphatic rings. The Morgan fingerprint density at radius 2 is 2.00 bits per heavy atom. The summed E-state index contributed by atoms with van der Waals surface area (Å²) >= 11 is 0. The molecule has 4 nitrogen and oxygen atoms in total. The van der Waals surface area contributed by atoms with Crippen LogP contribution in [-0.2, 0) is 4.79 Å². The summed E-state index contributed by atoms with van der Waals surface area (Å²) in [5.74, 6) is -0.307. The summed E-state index contributed by atoms with van der Waals surface area (Å²) in [6, 6.07) is 0. The predicted octanol–water partition coefficient (Wildman–Crippen LogP) is -0.469. The predicted molar refractivity (Wildman–Crippen MR) is 49.6 cm³/mol. The van der Waals surface area contributed by atoms with Crippen LogP contribution in [0.4, 0.5) is 0 Å². The number of likely N-dealkylation sites (N-methyl/N-ethyl adjacent to an activating group) is 1. The van der Waals surface area contributed by atoms with E-state index in [-0.39, 0.29) is 18.0 Å². The highest BCUT2D eigenvalue weighted by Crippen LogP contribution is 2.10. The summed E-state index contributed by atoms with van der Waals surface area (Å²) < 4.78 is 0. The molecule has 0 heterocycles. The molecule has 0 spiro atoms. The molecule has 0 aliphatic heterocycles. The number of nitrogens with two attached hydrogens (primary N) is 2. The minimum Gasteiger partial charge on any atom is -0.369 e. The monoisotopic (exact) mass is 173 g/mol. The van der Waals surface area contributed by atoms with Crippen molar-refractivity contribution in [3.05, 3.63) is 0 Å². The van der Waals surface area contributed by atoms with Crippen molar-refractivity contribution in [2.75, 3.05) is 19.6 Å². The summed E-state index contributed by atoms with van der Waals surface area (Å²) in [4.78, 5) is 12.6. The van der Waals surface area contributed by atoms with Gasteiger partial charge in [-0.25, -0.2) is 0 Å². The lowest BCUT2D eigenvalue weighted by Crippen LogP contribution is -2.52. The number of hydrogen-bond donors (Lipinski definition) is 2. The quantitative estimate of drug-likeness (QED) is 0.590. The summed E-state index contributed by atoms with van der Waals surface area (Å²) in [7, 11) is 0. The highest BCUT2D eigenvalue weighted by molar-refractivity contribution is 5.76. The van der Waals surface area contributed by atoms with Crippen LogP contribution < -0.4 is 11.5 Å². The largest absolute Gasteiger partial charge is 0.369 e. The van der Waals surface area contributed by atoms with Crippen molar-refractivity contribution in [1.82, 2.24) is 4.90 Å². The number of rotatable bonds is 5. The molecule has 0 aromatic carbocycles. The molecule has 4 N–H and O–H groups in total. The smallest absolute Gasteiger partial charge is 0.231 e. The molecule has 0 saturated carbocycles. The lowest BCUT2D eigenvalue weighted by Gasteiger charge is -2.35. The van der Waals surface area contributed by atoms with E-state index in [1.807, 2.05) is 25.7 Å². The fraction of sp³-hybridized carbons (Fsp3) is 0.875. The minimum absolute atomic E-state index is 0.149. The molecule has 0 aliphatic carbocycles. The van der Waals surface area contributed by atoms with Crippen LogP contribution in [0.25, 0.3) is 0 Å². The van der Waals surface area contributed by atoms with Gasteiger partial charge in [-0.05, 0) is 20.4 Å². The first kappa shape index (κ1) is 11.4. The Balaban J connectivity index is 4.23. The van der Waals surface area contributed by atoms with E-state index in [2.05, 4.69) is 0 Å². The summed E-state index contributed by atoms with van der Waals surface area (Å²) in [5.41, 5.74) is 10.5. The Morgan fingerprint density at radius 3 is 2.25 bits per heavy atom. The van der Waals surface area contributed by atoms with E-state index in [0.29, 0.717) is 6.54 Å². The molecule has 0 saturated heterocycles. The van der Waals surface area contributed by atoms with Gasteiger partial charge in [0.2, 0.25) is 5.91 Å². The Hall–Kier alpha value is -0.610. The molecule has 0 fully saturated rings. The second kappa shape index (κ2) is 4.42. The molecule has 72 valence electrons. The zero-order chi connectivity index (χ0) is 9.78. The summed E-state index contributed by atoms with van der Waals surface area (Å²) in [6.45, 7) is 7.57. The topological polar surface area (TPSA) is 72.3 Å². The number of nitrogens with zero attached hydrogens (tertiary/aromatic N) is 1. The van der Waals surface area contributed by atoms with Crippen molar-refractivity contribution in [2.24, 2.45) is 11.5 Å². The Kier molecular flexibility index (Phi) is 4.20. The van der Waals surface area contributed by atoms with Crippen LogP contribution in [0.5, 0.6) is 0 Å². The van der Waals surface area contributed by atoms with Gasteiger partial charge < -0.3 is 11.5 Å². The number of primary amides is 1. The second-order valence-corrected chi connectivity index (χ2v) is 3.50. The van der Waals surface area contributed by atoms with Crippen LogP contribution >= 0.6 is 0 Å². The van der Waals surface area contributed by atoms with Crippen molar-refractivity contribution in [1.29, 1.82) is 0 Å². The highest BCUT2D eigenvalue weighted by Gasteiger charge is 2.24. The van der Waals surface area contributed by atoms with Crippen molar-refractivity contribution in [3.8, 4) is 0 Å². The van der Waals surface area contributed by atoms with Gasteiger partial charge in [-0.2, -0.15) is 0 Å². The molecule has 1 amide bonds. The van der Waals surface area contributed by atoms with E-state index in [1.165, 1.54) is 0 Å². The van der Waals surface area contributed by atoms with Gasteiger partial charge in [-0.1, -0.05) is 6.92 Å². The average molecular weight is 173 g/mol. The van der Waals surface area contributed by atoms with Crippen LogP contribution in [0, 0.1) is 0 Å². The average Bonchev–Trinajstić information content (AvgIpc) is 1.99. The van der Waals surface area contributed by atoms with Crippen molar-refractivity contribution in [3.63, 3.8) is 0 Å². The van der Waals surface area contributed by atoms with E-state index in [1.54, 1.807) is 0 Å². The summed E-state index contributed by atoms with van der Waals surface area (Å²) in [5, 5.41) is 0. The molecule has 0 atom stereocenters. The first-order valence-electron chi connectivity index (χ1n) is 4.17. The van der Waals surface area contributed by atoms with Crippen LogP contribution in [0.3, 0.4) is 0 Å². The number of carbonyl (C=O) groups excluding carboxylic acids is 1. The number of carbonyl (C=O) groups is 1. The van der Waals surface area contributed by atoms with Gasteiger partial charge in [0.25, 0.3) is 0 Å². The van der Waals surface area contributed by atoms with Gasteiger partial charge in [-0.3, -0.25) is 9.69 Å². The van der Waals surface area contributed by atoms with Gasteiger partial charge >= 0.3 is 0 Å². The maximum atomic E-state index is 10.7. The van der Waals surface area contributed by atoms with Crippen molar-refractivity contribution in [2.45, 2.75) is 26.3 Å². The zero-order valence-corrected chi connectivity index (χ0v) is 8.13. The normalized spacial score (nSPS) is 12.1. The van der Waals surface area contributed by atoms with Crippen LogP contribution in [-0.4, -0.2) is 36.0 Å². The standard InChI is InChI=1S/C8H19N3O/c1-4-11(5-7(10)12)8(2,3)6-9/h4-6,9H2,1-3H3,(H2,10,12). The third-order valence-electron chi connectivity index (χ3n) is 2.08. The Labute approximate surface area is 73.9 Å². The van der Waals surface area contributed by atoms with Gasteiger partial charge in [0, 0.05) is 12.1 Å². The fourth-order valence-electron chi connectivity index (χ4n) is 1.07. The van der Waals surface area contributed by atoms with Crippen LogP contribution in [0.1, 0.15) is 20.8 Å². The Morgan fingerprint density at radius 1 is 1.50 bits per heavy atom. The molecule has 12 heavy (non-hydrogen) atoms. The van der Waals surface area contributed by atoms with Gasteiger partial charge in [0.05, 0.1) is 6.54 Å². The second-order valence-electron chi connectivity index (χ2n) is 3.50. The van der Waals surface area contributed by atoms with Gasteiger partial charge in [0.15, 0.2) is 0 Å². The Bertz CT molecular complexity index is 156. The fourth-order valence-corrected chi connectivity index (χ4v) is 1.07. The van der Waals surface area contributed by atoms with E-state index in [9.17, 15) is 4.79 Å². The third-order valence-corrected chi connectivity index (χ3v) is 2.08. The SMILES string of the molecule is CCN(CC(N)=O)C(C)(C)CN. The molecule has 0 unspecified atom stereocenters. The van der Waals surface area contributed by atoms with Crippen molar-refractivity contribution >= 4 is 5.91 Å². The van der Waals surface area contributed by atoms with Crippen LogP contribution in [0.15, 0.2) is 0 Å². The molecular weight excluding hydrogens is 154 g/mol. The molecular formula is C8H19N3O. The van der Waals surface area contributed by atoms with E-state index >= 15 is 0 Å². The lowest BCUT2D eigenvalue weighted by molar-refractivity contribution is -0.120. The first-order chi connectivity index (χ1) is 5.44. The molecule has 0 aromatic heterocycles. The minimum atomic E-state index is -0.307.